The van der Waals surface area contributed by atoms with Gasteiger partial charge < -0.3 is 5.11 Å². The van der Waals surface area contributed by atoms with Crippen molar-refractivity contribution in [2.75, 3.05) is 0 Å². The second-order valence-corrected chi connectivity index (χ2v) is 6.12. The lowest BCUT2D eigenvalue weighted by Crippen LogP contribution is -2.36. The molecule has 1 N–H and O–H groups in total. The molecule has 1 aliphatic carbocycles. The van der Waals surface area contributed by atoms with E-state index in [2.05, 4.69) is 13.8 Å². The Morgan fingerprint density at radius 1 is 1.15 bits per heavy atom. The maximum absolute atomic E-state index is 13.0. The van der Waals surface area contributed by atoms with Crippen molar-refractivity contribution in [3.63, 3.8) is 0 Å². The van der Waals surface area contributed by atoms with Crippen LogP contribution in [0.15, 0.2) is 18.2 Å². The van der Waals surface area contributed by atoms with Crippen LogP contribution in [0.1, 0.15) is 74.7 Å². The number of carbonyl (C=O) groups excluding carboxylic acids is 1. The number of phenolic OH excluding ortho intramolecular Hbond substituents is 1. The topological polar surface area (TPSA) is 37.3 Å². The zero-order valence-corrected chi connectivity index (χ0v) is 12.7. The van der Waals surface area contributed by atoms with E-state index >= 15 is 0 Å². The quantitative estimate of drug-likeness (QED) is 0.802. The minimum absolute atomic E-state index is 0.174. The molecule has 20 heavy (non-hydrogen) atoms. The largest absolute Gasteiger partial charge is 0.508 e. The molecule has 0 aromatic heterocycles. The van der Waals surface area contributed by atoms with E-state index in [0.29, 0.717) is 0 Å². The summed E-state index contributed by atoms with van der Waals surface area (Å²) in [5, 5.41) is 9.94. The molecule has 110 valence electrons. The van der Waals surface area contributed by atoms with Gasteiger partial charge in [-0.3, -0.25) is 4.79 Å². The molecule has 0 radical (unpaired) electrons. The number of rotatable bonds is 6. The monoisotopic (exact) mass is 274 g/mol. The highest BCUT2D eigenvalue weighted by molar-refractivity contribution is 6.03. The van der Waals surface area contributed by atoms with Gasteiger partial charge in [0.05, 0.1) is 0 Å². The Bertz CT molecular complexity index is 468. The molecule has 2 heteroatoms. The number of benzene rings is 1. The van der Waals surface area contributed by atoms with Crippen LogP contribution in [-0.4, -0.2) is 10.9 Å². The summed E-state index contributed by atoms with van der Waals surface area (Å²) < 4.78 is 0. The van der Waals surface area contributed by atoms with E-state index in [1.165, 1.54) is 0 Å². The van der Waals surface area contributed by atoms with E-state index in [9.17, 15) is 9.90 Å². The van der Waals surface area contributed by atoms with Gasteiger partial charge in [0.1, 0.15) is 5.75 Å². The standard InChI is InChI=1S/C18H26O2/c1-3-5-11-18(12-6-4-2)13-10-14-15(17(18)20)8-7-9-16(14)19/h7-9,19H,3-6,10-13H2,1-2H3. The lowest BCUT2D eigenvalue weighted by Gasteiger charge is -2.37. The Morgan fingerprint density at radius 3 is 2.40 bits per heavy atom. The van der Waals surface area contributed by atoms with Crippen molar-refractivity contribution in [2.45, 2.75) is 65.2 Å². The molecule has 0 unspecified atom stereocenters. The van der Waals surface area contributed by atoms with Crippen molar-refractivity contribution in [1.82, 2.24) is 0 Å². The molecule has 0 amide bonds. The van der Waals surface area contributed by atoms with Gasteiger partial charge in [0, 0.05) is 16.5 Å². The van der Waals surface area contributed by atoms with Crippen LogP contribution < -0.4 is 0 Å². The average Bonchev–Trinajstić information content (AvgIpc) is 2.46. The number of aromatic hydroxyl groups is 1. The van der Waals surface area contributed by atoms with Crippen LogP contribution in [0.25, 0.3) is 0 Å². The van der Waals surface area contributed by atoms with Crippen molar-refractivity contribution in [3.8, 4) is 5.75 Å². The van der Waals surface area contributed by atoms with Crippen LogP contribution in [0, 0.1) is 5.41 Å². The third-order valence-corrected chi connectivity index (χ3v) is 4.75. The van der Waals surface area contributed by atoms with Crippen LogP contribution >= 0.6 is 0 Å². The highest BCUT2D eigenvalue weighted by Gasteiger charge is 2.41. The van der Waals surface area contributed by atoms with Gasteiger partial charge in [-0.1, -0.05) is 51.7 Å². The Labute approximate surface area is 122 Å². The normalized spacial score (nSPS) is 17.0. The summed E-state index contributed by atoms with van der Waals surface area (Å²) in [5.41, 5.74) is 1.46. The number of unbranched alkanes of at least 4 members (excludes halogenated alkanes) is 2. The van der Waals surface area contributed by atoms with Crippen LogP contribution in [0.3, 0.4) is 0 Å². The summed E-state index contributed by atoms with van der Waals surface area (Å²) in [6, 6.07) is 5.38. The van der Waals surface area contributed by atoms with Crippen LogP contribution in [0.4, 0.5) is 0 Å². The molecule has 1 aliphatic rings. The fourth-order valence-corrected chi connectivity index (χ4v) is 3.45. The molecule has 0 spiro atoms. The Morgan fingerprint density at radius 2 is 1.80 bits per heavy atom. The first-order valence-electron chi connectivity index (χ1n) is 8.00. The van der Waals surface area contributed by atoms with Gasteiger partial charge in [-0.2, -0.15) is 0 Å². The fourth-order valence-electron chi connectivity index (χ4n) is 3.45. The van der Waals surface area contributed by atoms with E-state index in [4.69, 9.17) is 0 Å². The second-order valence-electron chi connectivity index (χ2n) is 6.12. The molecule has 1 aromatic rings. The van der Waals surface area contributed by atoms with E-state index in [-0.39, 0.29) is 16.9 Å². The molecule has 2 rings (SSSR count). The lowest BCUT2D eigenvalue weighted by molar-refractivity contribution is 0.0706. The van der Waals surface area contributed by atoms with Gasteiger partial charge in [0.15, 0.2) is 5.78 Å². The molecular weight excluding hydrogens is 248 g/mol. The van der Waals surface area contributed by atoms with Crippen LogP contribution in [-0.2, 0) is 6.42 Å². The van der Waals surface area contributed by atoms with Gasteiger partial charge in [-0.25, -0.2) is 0 Å². The Kier molecular flexibility index (Phi) is 4.85. The number of fused-ring (bicyclic) bond motifs is 1. The van der Waals surface area contributed by atoms with E-state index in [1.807, 2.05) is 6.07 Å². The third kappa shape index (κ3) is 2.74. The molecule has 0 fully saturated rings. The Hall–Kier alpha value is -1.31. The summed E-state index contributed by atoms with van der Waals surface area (Å²) in [4.78, 5) is 13.0. The number of phenols is 1. The summed E-state index contributed by atoms with van der Waals surface area (Å²) in [7, 11) is 0. The minimum atomic E-state index is -0.174. The van der Waals surface area contributed by atoms with Gasteiger partial charge in [-0.15, -0.1) is 0 Å². The number of hydrogen-bond acceptors (Lipinski definition) is 2. The van der Waals surface area contributed by atoms with Gasteiger partial charge in [0.2, 0.25) is 0 Å². The van der Waals surface area contributed by atoms with Crippen molar-refractivity contribution < 1.29 is 9.90 Å². The zero-order valence-electron chi connectivity index (χ0n) is 12.7. The smallest absolute Gasteiger partial charge is 0.169 e. The van der Waals surface area contributed by atoms with E-state index < -0.39 is 0 Å². The Balaban J connectivity index is 2.32. The average molecular weight is 274 g/mol. The second kappa shape index (κ2) is 6.43. The maximum atomic E-state index is 13.0. The highest BCUT2D eigenvalue weighted by atomic mass is 16.3. The van der Waals surface area contributed by atoms with E-state index in [0.717, 1.165) is 62.5 Å². The zero-order chi connectivity index (χ0) is 14.6. The summed E-state index contributed by atoms with van der Waals surface area (Å²) in [5.74, 6) is 0.562. The molecule has 0 atom stereocenters. The lowest BCUT2D eigenvalue weighted by atomic mass is 9.65. The van der Waals surface area contributed by atoms with Crippen molar-refractivity contribution in [1.29, 1.82) is 0 Å². The fraction of sp³-hybridized carbons (Fsp3) is 0.611. The molecular formula is C18H26O2. The van der Waals surface area contributed by atoms with Gasteiger partial charge in [-0.05, 0) is 31.7 Å². The highest BCUT2D eigenvalue weighted by Crippen LogP contribution is 2.45. The van der Waals surface area contributed by atoms with Gasteiger partial charge >= 0.3 is 0 Å². The molecule has 2 nitrogen and oxygen atoms in total. The van der Waals surface area contributed by atoms with E-state index in [1.54, 1.807) is 12.1 Å². The molecule has 0 heterocycles. The van der Waals surface area contributed by atoms with Crippen molar-refractivity contribution in [2.24, 2.45) is 5.41 Å². The number of Topliss-reactive ketones (excluding diaryl/α,β-unsaturated/α-hetero) is 1. The maximum Gasteiger partial charge on any atom is 0.169 e. The summed E-state index contributed by atoms with van der Waals surface area (Å²) >= 11 is 0. The summed E-state index contributed by atoms with van der Waals surface area (Å²) in [6.45, 7) is 4.36. The SMILES string of the molecule is CCCCC1(CCCC)CCc2c(O)cccc2C1=O. The molecule has 0 saturated carbocycles. The molecule has 1 aromatic carbocycles. The van der Waals surface area contributed by atoms with Crippen molar-refractivity contribution >= 4 is 5.78 Å². The minimum Gasteiger partial charge on any atom is -0.508 e. The third-order valence-electron chi connectivity index (χ3n) is 4.75. The number of hydrogen-bond donors (Lipinski definition) is 1. The predicted octanol–water partition coefficient (Wildman–Crippen LogP) is 4.89. The van der Waals surface area contributed by atoms with Crippen LogP contribution in [0.2, 0.25) is 0 Å². The van der Waals surface area contributed by atoms with Crippen LogP contribution in [0.5, 0.6) is 5.75 Å². The molecule has 0 saturated heterocycles. The number of carbonyl (C=O) groups is 1. The molecule has 0 bridgehead atoms. The van der Waals surface area contributed by atoms with Gasteiger partial charge in [0.25, 0.3) is 0 Å². The summed E-state index contributed by atoms with van der Waals surface area (Å²) in [6.07, 6.45) is 8.22. The number of ketones is 1. The predicted molar refractivity (Wildman–Crippen MR) is 82.2 cm³/mol. The first-order chi connectivity index (χ1) is 9.64. The van der Waals surface area contributed by atoms with Crippen molar-refractivity contribution in [3.05, 3.63) is 29.3 Å². The first-order valence-corrected chi connectivity index (χ1v) is 8.00. The first kappa shape index (κ1) is 15.1. The molecule has 0 aliphatic heterocycles.